The zero-order valence-corrected chi connectivity index (χ0v) is 11.2. The highest BCUT2D eigenvalue weighted by molar-refractivity contribution is 5.82. The third-order valence-corrected chi connectivity index (χ3v) is 3.58. The van der Waals surface area contributed by atoms with Gasteiger partial charge in [-0.2, -0.15) is 13.2 Å². The summed E-state index contributed by atoms with van der Waals surface area (Å²) in [5.41, 5.74) is 4.95. The lowest BCUT2D eigenvalue weighted by Crippen LogP contribution is -2.32. The van der Waals surface area contributed by atoms with E-state index in [1.807, 2.05) is 0 Å². The molecule has 2 rings (SSSR count). The first-order valence-electron chi connectivity index (χ1n) is 6.50. The molecule has 1 aliphatic heterocycles. The molecule has 1 heterocycles. The maximum Gasteiger partial charge on any atom is 0.416 e. The monoisotopic (exact) mass is 300 g/mol. The van der Waals surface area contributed by atoms with Gasteiger partial charge < -0.3 is 10.6 Å². The van der Waals surface area contributed by atoms with E-state index in [2.05, 4.69) is 0 Å². The van der Waals surface area contributed by atoms with Crippen LogP contribution in [0.3, 0.4) is 0 Å². The fraction of sp³-hybridized carbons (Fsp3) is 0.429. The van der Waals surface area contributed by atoms with Crippen molar-refractivity contribution in [1.29, 1.82) is 0 Å². The van der Waals surface area contributed by atoms with E-state index in [1.165, 1.54) is 17.0 Å². The summed E-state index contributed by atoms with van der Waals surface area (Å²) < 4.78 is 37.3. The van der Waals surface area contributed by atoms with Gasteiger partial charge in [-0.3, -0.25) is 9.59 Å². The largest absolute Gasteiger partial charge is 0.416 e. The minimum atomic E-state index is -4.38. The number of nitrogens with two attached hydrogens (primary N) is 1. The van der Waals surface area contributed by atoms with E-state index in [9.17, 15) is 22.8 Å². The number of amides is 2. The number of halogens is 3. The minimum absolute atomic E-state index is 0.0175. The Kier molecular flexibility index (Phi) is 4.20. The van der Waals surface area contributed by atoms with E-state index >= 15 is 0 Å². The summed E-state index contributed by atoms with van der Waals surface area (Å²) in [6.07, 6.45) is -3.83. The molecule has 4 nitrogen and oxygen atoms in total. The second-order valence-corrected chi connectivity index (χ2v) is 5.10. The van der Waals surface area contributed by atoms with E-state index in [4.69, 9.17) is 5.73 Å². The Balaban J connectivity index is 1.96. The number of hydrogen-bond acceptors (Lipinski definition) is 2. The summed E-state index contributed by atoms with van der Waals surface area (Å²) in [7, 11) is 0. The minimum Gasteiger partial charge on any atom is -0.369 e. The molecule has 1 atom stereocenters. The summed E-state index contributed by atoms with van der Waals surface area (Å²) >= 11 is 0. The van der Waals surface area contributed by atoms with Crippen molar-refractivity contribution in [2.75, 3.05) is 13.1 Å². The van der Waals surface area contributed by atoms with Gasteiger partial charge in [-0.25, -0.2) is 0 Å². The van der Waals surface area contributed by atoms with E-state index in [-0.39, 0.29) is 24.8 Å². The van der Waals surface area contributed by atoms with E-state index < -0.39 is 17.6 Å². The Morgan fingerprint density at radius 1 is 1.24 bits per heavy atom. The Morgan fingerprint density at radius 3 is 2.33 bits per heavy atom. The molecule has 0 saturated carbocycles. The molecule has 114 valence electrons. The molecule has 1 aliphatic rings. The molecule has 7 heteroatoms. The second-order valence-electron chi connectivity index (χ2n) is 5.10. The Hall–Kier alpha value is -2.05. The maximum atomic E-state index is 12.4. The summed E-state index contributed by atoms with van der Waals surface area (Å²) in [6.45, 7) is 0.738. The van der Waals surface area contributed by atoms with Crippen LogP contribution in [0.5, 0.6) is 0 Å². The highest BCUT2D eigenvalue weighted by Crippen LogP contribution is 2.29. The molecule has 1 saturated heterocycles. The first-order valence-corrected chi connectivity index (χ1v) is 6.50. The normalized spacial score (nSPS) is 18.8. The second kappa shape index (κ2) is 5.75. The molecular formula is C14H15F3N2O2. The van der Waals surface area contributed by atoms with Gasteiger partial charge in [-0.05, 0) is 24.1 Å². The van der Waals surface area contributed by atoms with E-state index in [0.29, 0.717) is 18.5 Å². The van der Waals surface area contributed by atoms with Gasteiger partial charge in [0.15, 0.2) is 0 Å². The van der Waals surface area contributed by atoms with E-state index in [0.717, 1.165) is 12.1 Å². The van der Waals surface area contributed by atoms with Gasteiger partial charge in [-0.15, -0.1) is 0 Å². The highest BCUT2D eigenvalue weighted by Gasteiger charge is 2.31. The number of carbonyl (C=O) groups excluding carboxylic acids is 2. The molecule has 0 aliphatic carbocycles. The standard InChI is InChI=1S/C14H15F3N2O2/c15-14(16,17)11-3-1-9(2-4-11)7-12(20)19-6-5-10(8-19)13(18)21/h1-4,10H,5-8H2,(H2,18,21). The molecule has 1 aromatic rings. The van der Waals surface area contributed by atoms with Crippen LogP contribution in [0.25, 0.3) is 0 Å². The third kappa shape index (κ3) is 3.74. The van der Waals surface area contributed by atoms with Crippen molar-refractivity contribution >= 4 is 11.8 Å². The Bertz CT molecular complexity index is 540. The summed E-state index contributed by atoms with van der Waals surface area (Å²) in [4.78, 5) is 24.6. The number of nitrogens with zero attached hydrogens (tertiary/aromatic N) is 1. The molecule has 1 unspecified atom stereocenters. The van der Waals surface area contributed by atoms with Gasteiger partial charge in [0.1, 0.15) is 0 Å². The molecule has 2 amide bonds. The molecule has 0 aromatic heterocycles. The van der Waals surface area contributed by atoms with Crippen molar-refractivity contribution in [1.82, 2.24) is 4.90 Å². The van der Waals surface area contributed by atoms with E-state index in [1.54, 1.807) is 0 Å². The quantitative estimate of drug-likeness (QED) is 0.921. The zero-order chi connectivity index (χ0) is 15.6. The molecular weight excluding hydrogens is 285 g/mol. The van der Waals surface area contributed by atoms with Gasteiger partial charge in [-0.1, -0.05) is 12.1 Å². The lowest BCUT2D eigenvalue weighted by atomic mass is 10.1. The number of hydrogen-bond donors (Lipinski definition) is 1. The smallest absolute Gasteiger partial charge is 0.369 e. The summed E-state index contributed by atoms with van der Waals surface area (Å²) in [5.74, 6) is -0.972. The van der Waals surface area contributed by atoms with Gasteiger partial charge in [0, 0.05) is 13.1 Å². The zero-order valence-electron chi connectivity index (χ0n) is 11.2. The number of rotatable bonds is 3. The lowest BCUT2D eigenvalue weighted by Gasteiger charge is -2.16. The van der Waals surface area contributed by atoms with Crippen molar-refractivity contribution in [3.8, 4) is 0 Å². The van der Waals surface area contributed by atoms with Crippen molar-refractivity contribution in [2.24, 2.45) is 11.7 Å². The van der Waals surface area contributed by atoms with Crippen LogP contribution in [0.2, 0.25) is 0 Å². The number of primary amides is 1. The molecule has 2 N–H and O–H groups in total. The van der Waals surface area contributed by atoms with Crippen LogP contribution in [0.15, 0.2) is 24.3 Å². The summed E-state index contributed by atoms with van der Waals surface area (Å²) in [5, 5.41) is 0. The van der Waals surface area contributed by atoms with Crippen molar-refractivity contribution < 1.29 is 22.8 Å². The van der Waals surface area contributed by atoms with Crippen molar-refractivity contribution in [3.05, 3.63) is 35.4 Å². The van der Waals surface area contributed by atoms with Gasteiger partial charge in [0.05, 0.1) is 17.9 Å². The predicted octanol–water partition coefficient (Wildman–Crippen LogP) is 1.58. The van der Waals surface area contributed by atoms with Crippen LogP contribution in [0.4, 0.5) is 13.2 Å². The third-order valence-electron chi connectivity index (χ3n) is 3.58. The Labute approximate surface area is 119 Å². The number of likely N-dealkylation sites (tertiary alicyclic amines) is 1. The van der Waals surface area contributed by atoms with Crippen LogP contribution < -0.4 is 5.73 Å². The van der Waals surface area contributed by atoms with Crippen molar-refractivity contribution in [2.45, 2.75) is 19.0 Å². The summed E-state index contributed by atoms with van der Waals surface area (Å²) in [6, 6.07) is 4.50. The molecule has 21 heavy (non-hydrogen) atoms. The Morgan fingerprint density at radius 2 is 1.86 bits per heavy atom. The molecule has 0 bridgehead atoms. The first kappa shape index (κ1) is 15.3. The predicted molar refractivity (Wildman–Crippen MR) is 69.0 cm³/mol. The van der Waals surface area contributed by atoms with Crippen molar-refractivity contribution in [3.63, 3.8) is 0 Å². The number of benzene rings is 1. The van der Waals surface area contributed by atoms with Crippen LogP contribution >= 0.6 is 0 Å². The fourth-order valence-corrected chi connectivity index (χ4v) is 2.32. The molecule has 1 fully saturated rings. The first-order chi connectivity index (χ1) is 9.77. The lowest BCUT2D eigenvalue weighted by molar-refractivity contribution is -0.137. The number of alkyl halides is 3. The molecule has 0 spiro atoms. The van der Waals surface area contributed by atoms with Crippen LogP contribution in [0.1, 0.15) is 17.5 Å². The average molecular weight is 300 g/mol. The fourth-order valence-electron chi connectivity index (χ4n) is 2.32. The maximum absolute atomic E-state index is 12.4. The van der Waals surface area contributed by atoms with Crippen LogP contribution in [-0.2, 0) is 22.2 Å². The highest BCUT2D eigenvalue weighted by atomic mass is 19.4. The SMILES string of the molecule is NC(=O)C1CCN(C(=O)Cc2ccc(C(F)(F)F)cc2)C1. The number of carbonyl (C=O) groups is 2. The molecule has 1 aromatic carbocycles. The van der Waals surface area contributed by atoms with Gasteiger partial charge >= 0.3 is 6.18 Å². The average Bonchev–Trinajstić information content (AvgIpc) is 2.88. The van der Waals surface area contributed by atoms with Crippen LogP contribution in [-0.4, -0.2) is 29.8 Å². The van der Waals surface area contributed by atoms with Gasteiger partial charge in [0.25, 0.3) is 0 Å². The van der Waals surface area contributed by atoms with Crippen LogP contribution in [0, 0.1) is 5.92 Å². The molecule has 0 radical (unpaired) electrons. The topological polar surface area (TPSA) is 63.4 Å². The van der Waals surface area contributed by atoms with Gasteiger partial charge in [0.2, 0.25) is 11.8 Å².